The van der Waals surface area contributed by atoms with E-state index in [0.717, 1.165) is 11.6 Å². The quantitative estimate of drug-likeness (QED) is 0.897. The average molecular weight is 292 g/mol. The fourth-order valence-corrected chi connectivity index (χ4v) is 2.57. The minimum Gasteiger partial charge on any atom is -0.478 e. The summed E-state index contributed by atoms with van der Waals surface area (Å²) in [5.74, 6) is -1.01. The van der Waals surface area contributed by atoms with Gasteiger partial charge in [-0.1, -0.05) is 12.1 Å². The van der Waals surface area contributed by atoms with Crippen molar-refractivity contribution in [3.05, 3.63) is 53.7 Å². The standard InChI is InChI=1S/C13H12N2O4S/c1-9-5-6-12(14-8-9)15-20(18,19)11-4-2-3-10(7-11)13(16)17/h2-8H,1H3,(H,14,15)(H,16,17). The van der Waals surface area contributed by atoms with E-state index < -0.39 is 16.0 Å². The second kappa shape index (κ2) is 5.30. The lowest BCUT2D eigenvalue weighted by atomic mass is 10.2. The van der Waals surface area contributed by atoms with Crippen molar-refractivity contribution < 1.29 is 18.3 Å². The second-order valence-corrected chi connectivity index (χ2v) is 5.84. The lowest BCUT2D eigenvalue weighted by Crippen LogP contribution is -2.14. The molecule has 104 valence electrons. The fourth-order valence-electron chi connectivity index (χ4n) is 1.52. The lowest BCUT2D eigenvalue weighted by Gasteiger charge is -2.08. The predicted octanol–water partition coefficient (Wildman–Crippen LogP) is 1.89. The van der Waals surface area contributed by atoms with E-state index in [2.05, 4.69) is 9.71 Å². The maximum absolute atomic E-state index is 12.1. The summed E-state index contributed by atoms with van der Waals surface area (Å²) in [6, 6.07) is 8.38. The normalized spacial score (nSPS) is 11.1. The number of carboxylic acids is 1. The lowest BCUT2D eigenvalue weighted by molar-refractivity contribution is 0.0696. The maximum atomic E-state index is 12.1. The minimum atomic E-state index is -3.86. The van der Waals surface area contributed by atoms with Gasteiger partial charge in [-0.3, -0.25) is 4.72 Å². The highest BCUT2D eigenvalue weighted by Crippen LogP contribution is 2.16. The van der Waals surface area contributed by atoms with Gasteiger partial charge in [0, 0.05) is 6.20 Å². The molecule has 20 heavy (non-hydrogen) atoms. The molecule has 0 saturated heterocycles. The number of aromatic nitrogens is 1. The molecule has 1 aromatic heterocycles. The van der Waals surface area contributed by atoms with Gasteiger partial charge in [0.15, 0.2) is 0 Å². The van der Waals surface area contributed by atoms with Gasteiger partial charge >= 0.3 is 5.97 Å². The number of pyridine rings is 1. The van der Waals surface area contributed by atoms with E-state index in [1.807, 2.05) is 6.92 Å². The van der Waals surface area contributed by atoms with Crippen LogP contribution in [-0.2, 0) is 10.0 Å². The Balaban J connectivity index is 2.33. The largest absolute Gasteiger partial charge is 0.478 e. The first kappa shape index (κ1) is 14.0. The third-order valence-electron chi connectivity index (χ3n) is 2.54. The van der Waals surface area contributed by atoms with Crippen LogP contribution in [0.2, 0.25) is 0 Å². The first-order chi connectivity index (χ1) is 9.38. The molecule has 2 aromatic rings. The molecule has 0 aliphatic heterocycles. The third kappa shape index (κ3) is 3.12. The molecule has 0 atom stereocenters. The van der Waals surface area contributed by atoms with Crippen molar-refractivity contribution in [3.8, 4) is 0 Å². The Labute approximate surface area is 116 Å². The number of aryl methyl sites for hydroxylation is 1. The molecule has 6 nitrogen and oxygen atoms in total. The summed E-state index contributed by atoms with van der Waals surface area (Å²) in [5, 5.41) is 8.87. The van der Waals surface area contributed by atoms with Crippen LogP contribution in [0.25, 0.3) is 0 Å². The van der Waals surface area contributed by atoms with Crippen LogP contribution in [0.4, 0.5) is 5.82 Å². The minimum absolute atomic E-state index is 0.0928. The molecule has 0 bridgehead atoms. The summed E-state index contributed by atoms with van der Waals surface area (Å²) >= 11 is 0. The zero-order valence-corrected chi connectivity index (χ0v) is 11.4. The fraction of sp³-hybridized carbons (Fsp3) is 0.0769. The molecule has 0 unspecified atom stereocenters. The van der Waals surface area contributed by atoms with Crippen LogP contribution in [0.15, 0.2) is 47.5 Å². The van der Waals surface area contributed by atoms with E-state index in [-0.39, 0.29) is 16.3 Å². The van der Waals surface area contributed by atoms with E-state index in [4.69, 9.17) is 5.11 Å². The second-order valence-electron chi connectivity index (χ2n) is 4.16. The number of aromatic carboxylic acids is 1. The highest BCUT2D eigenvalue weighted by molar-refractivity contribution is 7.92. The molecular weight excluding hydrogens is 280 g/mol. The van der Waals surface area contributed by atoms with Gasteiger partial charge in [-0.05, 0) is 36.8 Å². The van der Waals surface area contributed by atoms with Crippen LogP contribution in [-0.4, -0.2) is 24.5 Å². The zero-order valence-electron chi connectivity index (χ0n) is 10.6. The monoisotopic (exact) mass is 292 g/mol. The summed E-state index contributed by atoms with van der Waals surface area (Å²) in [6.45, 7) is 1.83. The Morgan fingerprint density at radius 2 is 2.00 bits per heavy atom. The number of nitrogens with one attached hydrogen (secondary N) is 1. The van der Waals surface area contributed by atoms with Crippen molar-refractivity contribution in [2.45, 2.75) is 11.8 Å². The molecule has 0 spiro atoms. The molecule has 2 rings (SSSR count). The predicted molar refractivity (Wildman–Crippen MR) is 73.2 cm³/mol. The zero-order chi connectivity index (χ0) is 14.8. The van der Waals surface area contributed by atoms with Gasteiger partial charge in [0.1, 0.15) is 5.82 Å². The summed E-state index contributed by atoms with van der Waals surface area (Å²) in [6.07, 6.45) is 1.53. The van der Waals surface area contributed by atoms with Crippen LogP contribution in [0.3, 0.4) is 0 Å². The summed E-state index contributed by atoms with van der Waals surface area (Å²) in [7, 11) is -3.86. The van der Waals surface area contributed by atoms with Gasteiger partial charge in [-0.2, -0.15) is 0 Å². The van der Waals surface area contributed by atoms with Gasteiger partial charge in [0.2, 0.25) is 0 Å². The SMILES string of the molecule is Cc1ccc(NS(=O)(=O)c2cccc(C(=O)O)c2)nc1. The number of benzene rings is 1. The molecule has 7 heteroatoms. The number of rotatable bonds is 4. The first-order valence-electron chi connectivity index (χ1n) is 5.67. The van der Waals surface area contributed by atoms with Crippen molar-refractivity contribution in [2.24, 2.45) is 0 Å². The number of hydrogen-bond donors (Lipinski definition) is 2. The summed E-state index contributed by atoms with van der Waals surface area (Å²) in [4.78, 5) is 14.7. The molecule has 0 fully saturated rings. The van der Waals surface area contributed by atoms with E-state index in [0.29, 0.717) is 0 Å². The van der Waals surface area contributed by atoms with E-state index in [1.165, 1.54) is 30.5 Å². The Kier molecular flexibility index (Phi) is 3.71. The van der Waals surface area contributed by atoms with E-state index in [9.17, 15) is 13.2 Å². The number of nitrogens with zero attached hydrogens (tertiary/aromatic N) is 1. The molecule has 0 saturated carbocycles. The Morgan fingerprint density at radius 1 is 1.25 bits per heavy atom. The maximum Gasteiger partial charge on any atom is 0.335 e. The molecule has 2 N–H and O–H groups in total. The van der Waals surface area contributed by atoms with Crippen LogP contribution < -0.4 is 4.72 Å². The molecule has 1 aromatic carbocycles. The van der Waals surface area contributed by atoms with Crippen molar-refractivity contribution in [1.82, 2.24) is 4.98 Å². The van der Waals surface area contributed by atoms with Gasteiger partial charge in [-0.15, -0.1) is 0 Å². The van der Waals surface area contributed by atoms with Crippen LogP contribution in [0.1, 0.15) is 15.9 Å². The summed E-state index contributed by atoms with van der Waals surface area (Å²) < 4.78 is 26.5. The third-order valence-corrected chi connectivity index (χ3v) is 3.89. The van der Waals surface area contributed by atoms with Crippen LogP contribution >= 0.6 is 0 Å². The number of sulfonamides is 1. The van der Waals surface area contributed by atoms with Crippen molar-refractivity contribution in [3.63, 3.8) is 0 Å². The molecule has 0 aliphatic rings. The van der Waals surface area contributed by atoms with E-state index in [1.54, 1.807) is 6.07 Å². The van der Waals surface area contributed by atoms with E-state index >= 15 is 0 Å². The smallest absolute Gasteiger partial charge is 0.335 e. The van der Waals surface area contributed by atoms with Gasteiger partial charge in [-0.25, -0.2) is 18.2 Å². The Morgan fingerprint density at radius 3 is 2.60 bits per heavy atom. The molecule has 0 radical (unpaired) electrons. The number of carbonyl (C=O) groups is 1. The average Bonchev–Trinajstić information content (AvgIpc) is 2.41. The van der Waals surface area contributed by atoms with Crippen molar-refractivity contribution >= 4 is 21.8 Å². The van der Waals surface area contributed by atoms with Gasteiger partial charge < -0.3 is 5.11 Å². The number of anilines is 1. The highest BCUT2D eigenvalue weighted by Gasteiger charge is 2.16. The first-order valence-corrected chi connectivity index (χ1v) is 7.16. The number of carboxylic acid groups (broad SMARTS) is 1. The Bertz CT molecular complexity index is 739. The van der Waals surface area contributed by atoms with Crippen molar-refractivity contribution in [1.29, 1.82) is 0 Å². The highest BCUT2D eigenvalue weighted by atomic mass is 32.2. The van der Waals surface area contributed by atoms with Crippen LogP contribution in [0.5, 0.6) is 0 Å². The molecule has 0 amide bonds. The topological polar surface area (TPSA) is 96.4 Å². The van der Waals surface area contributed by atoms with Gasteiger partial charge in [0.25, 0.3) is 10.0 Å². The Hall–Kier alpha value is -2.41. The molecule has 0 aliphatic carbocycles. The van der Waals surface area contributed by atoms with Gasteiger partial charge in [0.05, 0.1) is 10.5 Å². The number of hydrogen-bond acceptors (Lipinski definition) is 4. The van der Waals surface area contributed by atoms with Crippen LogP contribution in [0, 0.1) is 6.92 Å². The summed E-state index contributed by atoms with van der Waals surface area (Å²) in [5.41, 5.74) is 0.811. The molecular formula is C13H12N2O4S. The van der Waals surface area contributed by atoms with Crippen molar-refractivity contribution in [2.75, 3.05) is 4.72 Å². The molecule has 1 heterocycles.